The lowest BCUT2D eigenvalue weighted by molar-refractivity contribution is 0.112. The van der Waals surface area contributed by atoms with Crippen LogP contribution in [0.25, 0.3) is 0 Å². The number of aldehydes is 1. The second kappa shape index (κ2) is 8.08. The molecule has 0 fully saturated rings. The lowest BCUT2D eigenvalue weighted by atomic mass is 10.1. The van der Waals surface area contributed by atoms with Crippen LogP contribution in [0.4, 0.5) is 0 Å². The summed E-state index contributed by atoms with van der Waals surface area (Å²) in [5.74, 6) is 2.02. The van der Waals surface area contributed by atoms with Crippen molar-refractivity contribution < 1.29 is 19.0 Å². The quantitative estimate of drug-likeness (QED) is 0.552. The number of methoxy groups -OCH3 is 1. The maximum Gasteiger partial charge on any atom is 0.161 e. The Bertz CT molecular complexity index is 622. The van der Waals surface area contributed by atoms with Crippen LogP contribution in [0.2, 0.25) is 0 Å². The zero-order chi connectivity index (χ0) is 15.8. The molecule has 0 bridgehead atoms. The molecule has 0 spiro atoms. The van der Waals surface area contributed by atoms with Crippen LogP contribution in [-0.4, -0.2) is 26.6 Å². The first-order chi connectivity index (χ1) is 10.8. The van der Waals surface area contributed by atoms with E-state index in [-0.39, 0.29) is 0 Å². The molecule has 116 valence electrons. The summed E-state index contributed by atoms with van der Waals surface area (Å²) in [7, 11) is 1.55. The molecule has 0 unspecified atom stereocenters. The first kappa shape index (κ1) is 15.9. The Hall–Kier alpha value is -2.49. The summed E-state index contributed by atoms with van der Waals surface area (Å²) in [5, 5.41) is 0. The van der Waals surface area contributed by atoms with E-state index in [4.69, 9.17) is 14.2 Å². The Morgan fingerprint density at radius 2 is 1.68 bits per heavy atom. The topological polar surface area (TPSA) is 44.8 Å². The minimum absolute atomic E-state index is 0.398. The summed E-state index contributed by atoms with van der Waals surface area (Å²) >= 11 is 0. The van der Waals surface area contributed by atoms with Gasteiger partial charge in [-0.1, -0.05) is 25.1 Å². The third-order valence-corrected chi connectivity index (χ3v) is 3.28. The third kappa shape index (κ3) is 4.01. The predicted octanol–water partition coefficient (Wildman–Crippen LogP) is 3.53. The molecule has 22 heavy (non-hydrogen) atoms. The van der Waals surface area contributed by atoms with Crippen molar-refractivity contribution in [1.29, 1.82) is 0 Å². The van der Waals surface area contributed by atoms with Crippen LogP contribution in [0.3, 0.4) is 0 Å². The number of hydrogen-bond acceptors (Lipinski definition) is 4. The minimum atomic E-state index is 0.398. The predicted molar refractivity (Wildman–Crippen MR) is 85.2 cm³/mol. The maximum atomic E-state index is 10.7. The molecular formula is C18H20O4. The van der Waals surface area contributed by atoms with Gasteiger partial charge in [-0.15, -0.1) is 0 Å². The highest BCUT2D eigenvalue weighted by molar-refractivity contribution is 5.76. The molecule has 0 saturated carbocycles. The number of para-hydroxylation sites is 1. The fourth-order valence-electron chi connectivity index (χ4n) is 2.12. The van der Waals surface area contributed by atoms with Gasteiger partial charge in [0, 0.05) is 5.56 Å². The van der Waals surface area contributed by atoms with Gasteiger partial charge in [-0.05, 0) is 36.2 Å². The summed E-state index contributed by atoms with van der Waals surface area (Å²) in [6.45, 7) is 2.93. The van der Waals surface area contributed by atoms with Gasteiger partial charge in [-0.25, -0.2) is 0 Å². The molecule has 0 saturated heterocycles. The molecular weight excluding hydrogens is 280 g/mol. The fraction of sp³-hybridized carbons (Fsp3) is 0.278. The Morgan fingerprint density at radius 1 is 0.955 bits per heavy atom. The third-order valence-electron chi connectivity index (χ3n) is 3.28. The molecule has 0 N–H and O–H groups in total. The normalized spacial score (nSPS) is 10.1. The van der Waals surface area contributed by atoms with E-state index in [2.05, 4.69) is 13.0 Å². The van der Waals surface area contributed by atoms with E-state index in [1.54, 1.807) is 25.3 Å². The van der Waals surface area contributed by atoms with E-state index in [0.717, 1.165) is 18.5 Å². The molecule has 0 radical (unpaired) electrons. The van der Waals surface area contributed by atoms with E-state index in [1.165, 1.54) is 5.56 Å². The van der Waals surface area contributed by atoms with Gasteiger partial charge in [-0.3, -0.25) is 4.79 Å². The lowest BCUT2D eigenvalue weighted by Crippen LogP contribution is -2.10. The van der Waals surface area contributed by atoms with Crippen molar-refractivity contribution >= 4 is 6.29 Å². The molecule has 4 nitrogen and oxygen atoms in total. The van der Waals surface area contributed by atoms with Crippen molar-refractivity contribution in [3.63, 3.8) is 0 Å². The average Bonchev–Trinajstić information content (AvgIpc) is 2.59. The van der Waals surface area contributed by atoms with E-state index in [0.29, 0.717) is 30.3 Å². The molecule has 2 rings (SSSR count). The van der Waals surface area contributed by atoms with Crippen molar-refractivity contribution in [3.8, 4) is 17.2 Å². The van der Waals surface area contributed by atoms with Gasteiger partial charge in [-0.2, -0.15) is 0 Å². The highest BCUT2D eigenvalue weighted by atomic mass is 16.5. The largest absolute Gasteiger partial charge is 0.493 e. The zero-order valence-electron chi connectivity index (χ0n) is 12.9. The van der Waals surface area contributed by atoms with Gasteiger partial charge in [0.25, 0.3) is 0 Å². The van der Waals surface area contributed by atoms with Crippen LogP contribution in [0, 0.1) is 0 Å². The molecule has 2 aromatic carbocycles. The monoisotopic (exact) mass is 300 g/mol. The molecule has 0 amide bonds. The molecule has 0 aliphatic carbocycles. The number of rotatable bonds is 8. The van der Waals surface area contributed by atoms with Crippen molar-refractivity contribution in [2.75, 3.05) is 20.3 Å². The van der Waals surface area contributed by atoms with Crippen molar-refractivity contribution in [2.24, 2.45) is 0 Å². The molecule has 0 aliphatic rings. The van der Waals surface area contributed by atoms with Crippen LogP contribution in [0.15, 0.2) is 42.5 Å². The van der Waals surface area contributed by atoms with Crippen LogP contribution in [0.5, 0.6) is 17.2 Å². The van der Waals surface area contributed by atoms with Gasteiger partial charge in [0.1, 0.15) is 25.2 Å². The highest BCUT2D eigenvalue weighted by Gasteiger charge is 2.06. The number of benzene rings is 2. The maximum absolute atomic E-state index is 10.7. The summed E-state index contributed by atoms with van der Waals surface area (Å²) in [6.07, 6.45) is 1.70. The number of carbonyl (C=O) groups excluding carboxylic acids is 1. The molecule has 0 atom stereocenters. The molecule has 0 aromatic heterocycles. The van der Waals surface area contributed by atoms with Crippen molar-refractivity contribution in [3.05, 3.63) is 53.6 Å². The van der Waals surface area contributed by atoms with Gasteiger partial charge >= 0.3 is 0 Å². The van der Waals surface area contributed by atoms with Crippen LogP contribution >= 0.6 is 0 Å². The zero-order valence-corrected chi connectivity index (χ0v) is 12.9. The highest BCUT2D eigenvalue weighted by Crippen LogP contribution is 2.27. The first-order valence-corrected chi connectivity index (χ1v) is 7.25. The standard InChI is InChI=1S/C18H20O4/c1-3-15-6-4-5-7-16(15)21-10-11-22-17-9-8-14(13-19)12-18(17)20-2/h4-9,12-13H,3,10-11H2,1-2H3. The number of hydrogen-bond donors (Lipinski definition) is 0. The van der Waals surface area contributed by atoms with E-state index >= 15 is 0 Å². The lowest BCUT2D eigenvalue weighted by Gasteiger charge is -2.13. The SMILES string of the molecule is CCc1ccccc1OCCOc1ccc(C=O)cc1OC. The van der Waals surface area contributed by atoms with Gasteiger partial charge in [0.05, 0.1) is 7.11 Å². The van der Waals surface area contributed by atoms with Crippen LogP contribution < -0.4 is 14.2 Å². The minimum Gasteiger partial charge on any atom is -0.493 e. The average molecular weight is 300 g/mol. The Morgan fingerprint density at radius 3 is 2.36 bits per heavy atom. The van der Waals surface area contributed by atoms with E-state index < -0.39 is 0 Å². The number of ether oxygens (including phenoxy) is 3. The summed E-state index contributed by atoms with van der Waals surface area (Å²) in [4.78, 5) is 10.7. The molecule has 0 heterocycles. The number of aryl methyl sites for hydroxylation is 1. The number of carbonyl (C=O) groups is 1. The Kier molecular flexibility index (Phi) is 5.83. The van der Waals surface area contributed by atoms with Crippen LogP contribution in [0.1, 0.15) is 22.8 Å². The van der Waals surface area contributed by atoms with Crippen molar-refractivity contribution in [1.82, 2.24) is 0 Å². The Balaban J connectivity index is 1.90. The first-order valence-electron chi connectivity index (χ1n) is 7.25. The van der Waals surface area contributed by atoms with Crippen molar-refractivity contribution in [2.45, 2.75) is 13.3 Å². The molecule has 2 aromatic rings. The summed E-state index contributed by atoms with van der Waals surface area (Å²) < 4.78 is 16.6. The second-order valence-corrected chi connectivity index (χ2v) is 4.69. The molecule has 4 heteroatoms. The smallest absolute Gasteiger partial charge is 0.161 e. The molecule has 0 aliphatic heterocycles. The van der Waals surface area contributed by atoms with Crippen LogP contribution in [-0.2, 0) is 6.42 Å². The van der Waals surface area contributed by atoms with E-state index in [1.807, 2.05) is 18.2 Å². The van der Waals surface area contributed by atoms with Gasteiger partial charge in [0.15, 0.2) is 11.5 Å². The van der Waals surface area contributed by atoms with Gasteiger partial charge in [0.2, 0.25) is 0 Å². The van der Waals surface area contributed by atoms with Gasteiger partial charge < -0.3 is 14.2 Å². The fourth-order valence-corrected chi connectivity index (χ4v) is 2.12. The Labute approximate surface area is 130 Å². The second-order valence-electron chi connectivity index (χ2n) is 4.69. The summed E-state index contributed by atoms with van der Waals surface area (Å²) in [5.41, 5.74) is 1.73. The van der Waals surface area contributed by atoms with E-state index in [9.17, 15) is 4.79 Å². The summed E-state index contributed by atoms with van der Waals surface area (Å²) in [6, 6.07) is 13.0.